The van der Waals surface area contributed by atoms with Gasteiger partial charge in [0.1, 0.15) is 11.5 Å². The lowest BCUT2D eigenvalue weighted by Gasteiger charge is -2.15. The topological polar surface area (TPSA) is 55.8 Å². The van der Waals surface area contributed by atoms with E-state index in [1.807, 2.05) is 31.2 Å². The Morgan fingerprint density at radius 1 is 1.04 bits per heavy atom. The van der Waals surface area contributed by atoms with E-state index >= 15 is 0 Å². The zero-order valence-corrected chi connectivity index (χ0v) is 14.7. The summed E-state index contributed by atoms with van der Waals surface area (Å²) in [5.41, 5.74) is 3.90. The van der Waals surface area contributed by atoms with Gasteiger partial charge in [-0.2, -0.15) is 0 Å². The van der Waals surface area contributed by atoms with Crippen LogP contribution >= 0.6 is 0 Å². The Morgan fingerprint density at radius 3 is 2.16 bits per heavy atom. The van der Waals surface area contributed by atoms with Crippen LogP contribution in [0.2, 0.25) is 0 Å². The van der Waals surface area contributed by atoms with Crippen LogP contribution in [-0.4, -0.2) is 17.4 Å². The normalized spacial score (nSPS) is 11.5. The van der Waals surface area contributed by atoms with Gasteiger partial charge in [-0.15, -0.1) is 0 Å². The van der Waals surface area contributed by atoms with Crippen LogP contribution in [-0.2, 0) is 4.79 Å². The molecule has 0 bridgehead atoms. The number of hydrogen-bond donors (Lipinski definition) is 1. The first-order valence-corrected chi connectivity index (χ1v) is 7.87. The van der Waals surface area contributed by atoms with Crippen molar-refractivity contribution in [2.24, 2.45) is 0 Å². The van der Waals surface area contributed by atoms with E-state index < -0.39 is 12.3 Å². The highest BCUT2D eigenvalue weighted by atomic mass is 16.6. The van der Waals surface area contributed by atoms with Crippen LogP contribution in [0.25, 0.3) is 11.1 Å². The molecule has 2 aromatic carbocycles. The molecule has 1 unspecified atom stereocenters. The van der Waals surface area contributed by atoms with Crippen molar-refractivity contribution in [2.75, 3.05) is 0 Å². The predicted octanol–water partition coefficient (Wildman–Crippen LogP) is 4.42. The Balaban J connectivity index is 2.17. The minimum absolute atomic E-state index is 0.354. The second-order valence-electron chi connectivity index (χ2n) is 5.99. The van der Waals surface area contributed by atoms with Gasteiger partial charge in [0.25, 0.3) is 0 Å². The highest BCUT2D eigenvalue weighted by molar-refractivity contribution is 5.88. The van der Waals surface area contributed by atoms with Crippen LogP contribution in [0.4, 0.5) is 0 Å². The molecule has 0 amide bonds. The molecule has 25 heavy (non-hydrogen) atoms. The molecule has 0 saturated carbocycles. The number of esters is 1. The van der Waals surface area contributed by atoms with Gasteiger partial charge in [-0.05, 0) is 67.3 Å². The molecule has 2 aromatic rings. The van der Waals surface area contributed by atoms with Crippen LogP contribution in [0.1, 0.15) is 19.4 Å². The lowest BCUT2D eigenvalue weighted by molar-refractivity contribution is -0.130. The van der Waals surface area contributed by atoms with E-state index in [0.29, 0.717) is 22.6 Å². The second-order valence-corrected chi connectivity index (χ2v) is 5.99. The van der Waals surface area contributed by atoms with Crippen molar-refractivity contribution in [3.8, 4) is 22.6 Å². The average Bonchev–Trinajstić information content (AvgIpc) is 2.55. The first-order chi connectivity index (χ1) is 11.8. The van der Waals surface area contributed by atoms with E-state index in [4.69, 9.17) is 9.47 Å². The monoisotopic (exact) mass is 338 g/mol. The van der Waals surface area contributed by atoms with Crippen molar-refractivity contribution in [2.45, 2.75) is 27.1 Å². The number of aryl methyl sites for hydroxylation is 1. The summed E-state index contributed by atoms with van der Waals surface area (Å²) in [5.74, 6) is 0.601. The van der Waals surface area contributed by atoms with Crippen molar-refractivity contribution < 1.29 is 19.4 Å². The average molecular weight is 338 g/mol. The Bertz CT molecular complexity index is 803. The van der Waals surface area contributed by atoms with Gasteiger partial charge in [-0.1, -0.05) is 31.4 Å². The maximum atomic E-state index is 11.5. The number of carbonyl (C=O) groups excluding carboxylic acids is 1. The highest BCUT2D eigenvalue weighted by Crippen LogP contribution is 2.29. The number of benzene rings is 2. The van der Waals surface area contributed by atoms with E-state index in [2.05, 4.69) is 13.2 Å². The molecule has 0 aliphatic heterocycles. The van der Waals surface area contributed by atoms with Gasteiger partial charge in [-0.3, -0.25) is 0 Å². The first kappa shape index (κ1) is 18.5. The summed E-state index contributed by atoms with van der Waals surface area (Å²) < 4.78 is 10.6. The second kappa shape index (κ2) is 7.81. The Kier molecular flexibility index (Phi) is 5.78. The molecule has 0 fully saturated rings. The van der Waals surface area contributed by atoms with Gasteiger partial charge in [0.15, 0.2) is 0 Å². The maximum absolute atomic E-state index is 11.5. The highest BCUT2D eigenvalue weighted by Gasteiger charge is 2.10. The van der Waals surface area contributed by atoms with Crippen molar-refractivity contribution in [1.29, 1.82) is 0 Å². The molecule has 4 heteroatoms. The third-order valence-electron chi connectivity index (χ3n) is 3.59. The molecule has 0 heterocycles. The van der Waals surface area contributed by atoms with Gasteiger partial charge in [0.2, 0.25) is 6.29 Å². The van der Waals surface area contributed by atoms with Crippen molar-refractivity contribution in [3.63, 3.8) is 0 Å². The fourth-order valence-electron chi connectivity index (χ4n) is 2.16. The largest absolute Gasteiger partial charge is 0.461 e. The summed E-state index contributed by atoms with van der Waals surface area (Å²) in [6.45, 7) is 12.5. The quantitative estimate of drug-likeness (QED) is 0.279. The molecule has 0 aliphatic rings. The molecule has 0 radical (unpaired) electrons. The molecule has 0 saturated heterocycles. The Morgan fingerprint density at radius 2 is 1.64 bits per heavy atom. The van der Waals surface area contributed by atoms with E-state index in [-0.39, 0.29) is 0 Å². The van der Waals surface area contributed by atoms with Gasteiger partial charge >= 0.3 is 5.97 Å². The third kappa shape index (κ3) is 4.81. The summed E-state index contributed by atoms with van der Waals surface area (Å²) >= 11 is 0. The number of rotatable bonds is 6. The lowest BCUT2D eigenvalue weighted by atomic mass is 10.0. The SMILES string of the molecule is C=C(C)C(=O)Oc1ccc(-c2ccc(OC(O)C(=C)C)cc2C)cc1. The standard InChI is InChI=1S/C21H22O4/c1-13(2)20(22)24-17-8-6-16(7-9-17)19-11-10-18(12-15(19)5)25-21(23)14(3)4/h6-12,21,23H,1,3H2,2,4-5H3. The molecule has 1 N–H and O–H groups in total. The van der Waals surface area contributed by atoms with Crippen LogP contribution in [0, 0.1) is 6.92 Å². The van der Waals surface area contributed by atoms with Gasteiger partial charge < -0.3 is 14.6 Å². The number of carbonyl (C=O) groups is 1. The van der Waals surface area contributed by atoms with Gasteiger partial charge in [0.05, 0.1) is 0 Å². The number of ether oxygens (including phenoxy) is 2. The van der Waals surface area contributed by atoms with Crippen LogP contribution in [0.3, 0.4) is 0 Å². The van der Waals surface area contributed by atoms with Crippen LogP contribution in [0.5, 0.6) is 11.5 Å². The fraction of sp³-hybridized carbons (Fsp3) is 0.190. The van der Waals surface area contributed by atoms with E-state index in [1.165, 1.54) is 0 Å². The Hall–Kier alpha value is -2.85. The molecular weight excluding hydrogens is 316 g/mol. The van der Waals surface area contributed by atoms with Crippen LogP contribution in [0.15, 0.2) is 66.8 Å². The van der Waals surface area contributed by atoms with E-state index in [1.54, 1.807) is 32.0 Å². The third-order valence-corrected chi connectivity index (χ3v) is 3.59. The summed E-state index contributed by atoms with van der Waals surface area (Å²) in [5, 5.41) is 9.73. The minimum atomic E-state index is -1.02. The molecule has 4 nitrogen and oxygen atoms in total. The molecular formula is C21H22O4. The Labute approximate surface area is 148 Å². The molecule has 130 valence electrons. The lowest BCUT2D eigenvalue weighted by Crippen LogP contribution is -2.16. The van der Waals surface area contributed by atoms with Crippen molar-refractivity contribution in [3.05, 3.63) is 72.3 Å². The maximum Gasteiger partial charge on any atom is 0.338 e. The molecule has 2 rings (SSSR count). The molecule has 0 aliphatic carbocycles. The van der Waals surface area contributed by atoms with E-state index in [9.17, 15) is 9.90 Å². The summed E-state index contributed by atoms with van der Waals surface area (Å²) in [4.78, 5) is 11.5. The molecule has 0 spiro atoms. The molecule has 1 atom stereocenters. The van der Waals surface area contributed by atoms with Crippen LogP contribution < -0.4 is 9.47 Å². The number of hydrogen-bond acceptors (Lipinski definition) is 4. The van der Waals surface area contributed by atoms with Crippen molar-refractivity contribution >= 4 is 5.97 Å². The summed E-state index contributed by atoms with van der Waals surface area (Å²) in [7, 11) is 0. The van der Waals surface area contributed by atoms with Gasteiger partial charge in [0, 0.05) is 5.57 Å². The molecule has 0 aromatic heterocycles. The van der Waals surface area contributed by atoms with E-state index in [0.717, 1.165) is 16.7 Å². The fourth-order valence-corrected chi connectivity index (χ4v) is 2.16. The minimum Gasteiger partial charge on any atom is -0.461 e. The number of aliphatic hydroxyl groups is 1. The first-order valence-electron chi connectivity index (χ1n) is 7.87. The summed E-state index contributed by atoms with van der Waals surface area (Å²) in [6.07, 6.45) is -1.02. The predicted molar refractivity (Wildman–Crippen MR) is 98.5 cm³/mol. The zero-order chi connectivity index (χ0) is 18.6. The summed E-state index contributed by atoms with van der Waals surface area (Å²) in [6, 6.07) is 12.8. The van der Waals surface area contributed by atoms with Crippen molar-refractivity contribution in [1.82, 2.24) is 0 Å². The zero-order valence-electron chi connectivity index (χ0n) is 14.7. The smallest absolute Gasteiger partial charge is 0.338 e. The number of aliphatic hydroxyl groups excluding tert-OH is 1. The van der Waals surface area contributed by atoms with Gasteiger partial charge in [-0.25, -0.2) is 4.79 Å².